The minimum atomic E-state index is -0.582. The first-order valence-corrected chi connectivity index (χ1v) is 4.24. The third-order valence-electron chi connectivity index (χ3n) is 2.08. The van der Waals surface area contributed by atoms with Crippen LogP contribution in [0.4, 0.5) is 4.79 Å². The molecule has 0 bridgehead atoms. The van der Waals surface area contributed by atoms with Crippen molar-refractivity contribution in [3.63, 3.8) is 0 Å². The highest BCUT2D eigenvalue weighted by Crippen LogP contribution is 2.11. The predicted octanol–water partition coefficient (Wildman–Crippen LogP) is 0.769. The van der Waals surface area contributed by atoms with Crippen LogP contribution in [-0.4, -0.2) is 33.0 Å². The van der Waals surface area contributed by atoms with Gasteiger partial charge in [0.05, 0.1) is 13.7 Å². The monoisotopic (exact) mass is 173 g/mol. The lowest BCUT2D eigenvalue weighted by molar-refractivity contribution is 0.0688. The second-order valence-electron chi connectivity index (χ2n) is 2.95. The largest absolute Gasteiger partial charge is 0.507 e. The molecule has 0 saturated carbocycles. The first kappa shape index (κ1) is 9.32. The Morgan fingerprint density at radius 2 is 2.50 bits per heavy atom. The summed E-state index contributed by atoms with van der Waals surface area (Å²) in [6.45, 7) is 2.60. The Morgan fingerprint density at radius 3 is 3.08 bits per heavy atom. The molecule has 1 aliphatic heterocycles. The molecule has 12 heavy (non-hydrogen) atoms. The Balaban J connectivity index is 1.97. The van der Waals surface area contributed by atoms with E-state index < -0.39 is 6.16 Å². The third kappa shape index (κ3) is 3.09. The summed E-state index contributed by atoms with van der Waals surface area (Å²) < 4.78 is 9.10. The summed E-state index contributed by atoms with van der Waals surface area (Å²) in [5, 5.41) is 3.25. The van der Waals surface area contributed by atoms with Crippen molar-refractivity contribution in [1.29, 1.82) is 0 Å². The lowest BCUT2D eigenvalue weighted by atomic mass is 10.1. The van der Waals surface area contributed by atoms with Crippen LogP contribution in [0.5, 0.6) is 0 Å². The number of methoxy groups -OCH3 is 1. The van der Waals surface area contributed by atoms with Crippen LogP contribution in [-0.2, 0) is 9.47 Å². The molecule has 0 amide bonds. The fraction of sp³-hybridized carbons (Fsp3) is 0.875. The minimum Gasteiger partial charge on any atom is -0.438 e. The maximum Gasteiger partial charge on any atom is 0.507 e. The van der Waals surface area contributed by atoms with E-state index >= 15 is 0 Å². The van der Waals surface area contributed by atoms with E-state index in [-0.39, 0.29) is 0 Å². The number of hydrogen-bond donors (Lipinski definition) is 1. The molecule has 1 heterocycles. The van der Waals surface area contributed by atoms with Gasteiger partial charge in [0.1, 0.15) is 0 Å². The number of hydrogen-bond acceptors (Lipinski definition) is 4. The Hall–Kier alpha value is -0.770. The highest BCUT2D eigenvalue weighted by molar-refractivity contribution is 5.59. The zero-order chi connectivity index (χ0) is 8.81. The fourth-order valence-corrected chi connectivity index (χ4v) is 1.33. The van der Waals surface area contributed by atoms with Crippen LogP contribution in [0.2, 0.25) is 0 Å². The molecule has 70 valence electrons. The van der Waals surface area contributed by atoms with Crippen LogP contribution in [0.25, 0.3) is 0 Å². The summed E-state index contributed by atoms with van der Waals surface area (Å²) in [6, 6.07) is 0. The van der Waals surface area contributed by atoms with E-state index in [1.807, 2.05) is 0 Å². The highest BCUT2D eigenvalue weighted by Gasteiger charge is 2.14. The normalized spacial score (nSPS) is 22.2. The number of nitrogens with one attached hydrogen (secondary N) is 1. The fourth-order valence-electron chi connectivity index (χ4n) is 1.33. The SMILES string of the molecule is COC(=O)OCCC1CCNC1. The van der Waals surface area contributed by atoms with Gasteiger partial charge in [-0.1, -0.05) is 0 Å². The van der Waals surface area contributed by atoms with Gasteiger partial charge < -0.3 is 14.8 Å². The summed E-state index contributed by atoms with van der Waals surface area (Å²) in [5.74, 6) is 0.662. The Morgan fingerprint density at radius 1 is 1.67 bits per heavy atom. The van der Waals surface area contributed by atoms with Gasteiger partial charge in [-0.25, -0.2) is 4.79 Å². The summed E-state index contributed by atoms with van der Waals surface area (Å²) >= 11 is 0. The molecule has 4 heteroatoms. The summed E-state index contributed by atoms with van der Waals surface area (Å²) in [5.41, 5.74) is 0. The van der Waals surface area contributed by atoms with E-state index in [4.69, 9.17) is 4.74 Å². The second-order valence-corrected chi connectivity index (χ2v) is 2.95. The van der Waals surface area contributed by atoms with Crippen molar-refractivity contribution in [1.82, 2.24) is 5.32 Å². The van der Waals surface area contributed by atoms with E-state index in [0.29, 0.717) is 12.5 Å². The summed E-state index contributed by atoms with van der Waals surface area (Å²) in [7, 11) is 1.32. The molecular formula is C8H15NO3. The lowest BCUT2D eigenvalue weighted by Crippen LogP contribution is -2.12. The van der Waals surface area contributed by atoms with Crippen molar-refractivity contribution in [2.24, 2.45) is 5.92 Å². The predicted molar refractivity (Wildman–Crippen MR) is 44.0 cm³/mol. The second kappa shape index (κ2) is 4.98. The smallest absolute Gasteiger partial charge is 0.438 e. The summed E-state index contributed by atoms with van der Waals surface area (Å²) in [6.07, 6.45) is 1.54. The number of carbonyl (C=O) groups excluding carboxylic acids is 1. The first-order valence-electron chi connectivity index (χ1n) is 4.24. The van der Waals surface area contributed by atoms with Gasteiger partial charge in [0.2, 0.25) is 0 Å². The molecule has 1 N–H and O–H groups in total. The molecule has 0 aliphatic carbocycles. The van der Waals surface area contributed by atoms with Crippen LogP contribution >= 0.6 is 0 Å². The molecule has 1 unspecified atom stereocenters. The molecule has 1 saturated heterocycles. The molecule has 4 nitrogen and oxygen atoms in total. The van der Waals surface area contributed by atoms with Crippen molar-refractivity contribution in [3.05, 3.63) is 0 Å². The molecule has 1 atom stereocenters. The molecule has 0 radical (unpaired) electrons. The van der Waals surface area contributed by atoms with E-state index in [0.717, 1.165) is 19.5 Å². The maximum atomic E-state index is 10.5. The van der Waals surface area contributed by atoms with Gasteiger partial charge in [0.25, 0.3) is 0 Å². The maximum absolute atomic E-state index is 10.5. The molecule has 0 aromatic rings. The van der Waals surface area contributed by atoms with Gasteiger partial charge in [0.15, 0.2) is 0 Å². The van der Waals surface area contributed by atoms with E-state index in [1.54, 1.807) is 0 Å². The average Bonchev–Trinajstić information content (AvgIpc) is 2.57. The molecule has 1 fully saturated rings. The van der Waals surface area contributed by atoms with Gasteiger partial charge >= 0.3 is 6.16 Å². The van der Waals surface area contributed by atoms with Crippen LogP contribution in [0, 0.1) is 5.92 Å². The van der Waals surface area contributed by atoms with E-state index in [2.05, 4.69) is 10.1 Å². The Kier molecular flexibility index (Phi) is 3.87. The van der Waals surface area contributed by atoms with Crippen molar-refractivity contribution in [2.75, 3.05) is 26.8 Å². The minimum absolute atomic E-state index is 0.471. The van der Waals surface area contributed by atoms with Gasteiger partial charge in [-0.05, 0) is 31.8 Å². The Bertz CT molecular complexity index is 143. The van der Waals surface area contributed by atoms with Crippen LogP contribution < -0.4 is 5.32 Å². The average molecular weight is 173 g/mol. The molecule has 1 aliphatic rings. The highest BCUT2D eigenvalue weighted by atomic mass is 16.7. The standard InChI is InChI=1S/C8H15NO3/c1-11-8(10)12-5-3-7-2-4-9-6-7/h7,9H,2-6H2,1H3. The Labute approximate surface area is 72.2 Å². The van der Waals surface area contributed by atoms with Gasteiger partial charge in [-0.2, -0.15) is 0 Å². The van der Waals surface area contributed by atoms with Crippen molar-refractivity contribution in [2.45, 2.75) is 12.8 Å². The lowest BCUT2D eigenvalue weighted by Gasteiger charge is -2.07. The number of ether oxygens (including phenoxy) is 2. The topological polar surface area (TPSA) is 47.6 Å². The van der Waals surface area contributed by atoms with E-state index in [1.165, 1.54) is 13.5 Å². The van der Waals surface area contributed by atoms with Gasteiger partial charge in [-0.15, -0.1) is 0 Å². The van der Waals surface area contributed by atoms with E-state index in [9.17, 15) is 4.79 Å². The zero-order valence-electron chi connectivity index (χ0n) is 7.34. The molecule has 0 aromatic heterocycles. The third-order valence-corrected chi connectivity index (χ3v) is 2.08. The summed E-state index contributed by atoms with van der Waals surface area (Å²) in [4.78, 5) is 10.5. The molecule has 1 rings (SSSR count). The number of rotatable bonds is 3. The van der Waals surface area contributed by atoms with Crippen molar-refractivity contribution < 1.29 is 14.3 Å². The van der Waals surface area contributed by atoms with Crippen LogP contribution in [0.1, 0.15) is 12.8 Å². The van der Waals surface area contributed by atoms with Crippen LogP contribution in [0.15, 0.2) is 0 Å². The van der Waals surface area contributed by atoms with Crippen LogP contribution in [0.3, 0.4) is 0 Å². The first-order chi connectivity index (χ1) is 5.83. The molecular weight excluding hydrogens is 158 g/mol. The van der Waals surface area contributed by atoms with Gasteiger partial charge in [0, 0.05) is 0 Å². The number of carbonyl (C=O) groups is 1. The van der Waals surface area contributed by atoms with Crippen molar-refractivity contribution >= 4 is 6.16 Å². The molecule has 0 aromatic carbocycles. The quantitative estimate of drug-likeness (QED) is 0.640. The van der Waals surface area contributed by atoms with Gasteiger partial charge in [-0.3, -0.25) is 0 Å². The van der Waals surface area contributed by atoms with Crippen molar-refractivity contribution in [3.8, 4) is 0 Å². The zero-order valence-corrected chi connectivity index (χ0v) is 7.34. The molecule has 0 spiro atoms.